The summed E-state index contributed by atoms with van der Waals surface area (Å²) in [6, 6.07) is 7.63. The summed E-state index contributed by atoms with van der Waals surface area (Å²) in [4.78, 5) is 26.4. The predicted molar refractivity (Wildman–Crippen MR) is 113 cm³/mol. The van der Waals surface area contributed by atoms with Gasteiger partial charge in [0.25, 0.3) is 0 Å². The van der Waals surface area contributed by atoms with Gasteiger partial charge in [0.1, 0.15) is 23.9 Å². The molecule has 160 valence electrons. The Morgan fingerprint density at radius 3 is 2.77 bits per heavy atom. The van der Waals surface area contributed by atoms with Crippen molar-refractivity contribution in [3.8, 4) is 22.6 Å². The fourth-order valence-corrected chi connectivity index (χ4v) is 3.72. The lowest BCUT2D eigenvalue weighted by molar-refractivity contribution is -0.114. The van der Waals surface area contributed by atoms with Crippen molar-refractivity contribution in [1.82, 2.24) is 10.3 Å². The van der Waals surface area contributed by atoms with Crippen LogP contribution >= 0.6 is 0 Å². The molecule has 1 aliphatic rings. The number of rotatable bonds is 7. The van der Waals surface area contributed by atoms with Crippen LogP contribution < -0.4 is 20.1 Å². The maximum Gasteiger partial charge on any atom is 0.405 e. The van der Waals surface area contributed by atoms with Gasteiger partial charge in [-0.3, -0.25) is 4.79 Å². The summed E-state index contributed by atoms with van der Waals surface area (Å²) in [6.45, 7) is 8.06. The molecule has 3 N–H and O–H groups in total. The molecule has 0 aliphatic carbocycles. The highest BCUT2D eigenvalue weighted by molar-refractivity contribution is 5.89. The maximum absolute atomic E-state index is 11.3. The molecule has 0 unspecified atom stereocenters. The molecule has 1 atom stereocenters. The van der Waals surface area contributed by atoms with Gasteiger partial charge in [-0.05, 0) is 49.9 Å². The number of hydrogen-bond acceptors (Lipinski definition) is 5. The zero-order chi connectivity index (χ0) is 21.9. The molecule has 1 aliphatic heterocycles. The van der Waals surface area contributed by atoms with E-state index in [4.69, 9.17) is 14.6 Å². The van der Waals surface area contributed by atoms with Crippen LogP contribution in [0.1, 0.15) is 39.7 Å². The third-order valence-electron chi connectivity index (χ3n) is 4.76. The molecule has 8 heteroatoms. The summed E-state index contributed by atoms with van der Waals surface area (Å²) in [5.41, 5.74) is 2.34. The van der Waals surface area contributed by atoms with Gasteiger partial charge < -0.3 is 25.2 Å². The molecule has 8 nitrogen and oxygen atoms in total. The fourth-order valence-electron chi connectivity index (χ4n) is 3.72. The highest BCUT2D eigenvalue weighted by atomic mass is 16.5. The molecule has 2 aromatic rings. The number of aromatic nitrogens is 1. The van der Waals surface area contributed by atoms with Crippen molar-refractivity contribution < 1.29 is 24.2 Å². The Kier molecular flexibility index (Phi) is 6.14. The van der Waals surface area contributed by atoms with Gasteiger partial charge in [-0.1, -0.05) is 13.0 Å². The van der Waals surface area contributed by atoms with E-state index in [0.717, 1.165) is 22.4 Å². The molecule has 1 aromatic carbocycles. The summed E-state index contributed by atoms with van der Waals surface area (Å²) < 4.78 is 11.7. The molecule has 0 fully saturated rings. The monoisotopic (exact) mass is 413 g/mol. The fraction of sp³-hybridized carbons (Fsp3) is 0.409. The summed E-state index contributed by atoms with van der Waals surface area (Å²) in [6.07, 6.45) is 1.24. The molecule has 2 heterocycles. The van der Waals surface area contributed by atoms with Gasteiger partial charge in [0.05, 0.1) is 12.8 Å². The van der Waals surface area contributed by atoms with Crippen LogP contribution in [0.2, 0.25) is 0 Å². The van der Waals surface area contributed by atoms with E-state index in [9.17, 15) is 9.59 Å². The highest BCUT2D eigenvalue weighted by Crippen LogP contribution is 2.39. The Morgan fingerprint density at radius 2 is 2.07 bits per heavy atom. The minimum Gasteiger partial charge on any atom is -0.493 e. The van der Waals surface area contributed by atoms with Gasteiger partial charge in [-0.15, -0.1) is 0 Å². The third kappa shape index (κ3) is 5.40. The number of carbonyl (C=O) groups is 2. The summed E-state index contributed by atoms with van der Waals surface area (Å²) in [5, 5.41) is 14.1. The lowest BCUT2D eigenvalue weighted by Crippen LogP contribution is -2.44. The van der Waals surface area contributed by atoms with Gasteiger partial charge in [-0.2, -0.15) is 0 Å². The van der Waals surface area contributed by atoms with Crippen LogP contribution in [-0.4, -0.2) is 34.2 Å². The topological polar surface area (TPSA) is 110 Å². The first-order valence-electron chi connectivity index (χ1n) is 9.80. The largest absolute Gasteiger partial charge is 0.493 e. The lowest BCUT2D eigenvalue weighted by Gasteiger charge is -2.28. The zero-order valence-electron chi connectivity index (χ0n) is 17.6. The van der Waals surface area contributed by atoms with Crippen LogP contribution in [0, 0.1) is 5.92 Å². The first-order chi connectivity index (χ1) is 14.1. The molecule has 3 rings (SSSR count). The van der Waals surface area contributed by atoms with Gasteiger partial charge in [0, 0.05) is 23.6 Å². The molecule has 0 saturated carbocycles. The summed E-state index contributed by atoms with van der Waals surface area (Å²) in [7, 11) is 0. The van der Waals surface area contributed by atoms with Gasteiger partial charge in [-0.25, -0.2) is 9.78 Å². The van der Waals surface area contributed by atoms with Crippen LogP contribution in [0.3, 0.4) is 0 Å². The number of anilines is 1. The van der Waals surface area contributed by atoms with E-state index in [-0.39, 0.29) is 11.8 Å². The van der Waals surface area contributed by atoms with Crippen molar-refractivity contribution in [3.63, 3.8) is 0 Å². The van der Waals surface area contributed by atoms with Crippen molar-refractivity contribution in [2.24, 2.45) is 5.92 Å². The van der Waals surface area contributed by atoms with E-state index >= 15 is 0 Å². The maximum atomic E-state index is 11.3. The molecule has 0 saturated heterocycles. The number of hydrogen-bond donors (Lipinski definition) is 3. The standard InChI is InChI=1S/C22H27N3O5/c1-13(9-22(3,4)25-21(27)28)11-29-16-5-6-17-15(7-16)12-30-19-10-23-20(8-18(17)19)24-14(2)26/h5-8,10,13,25H,9,11-12H2,1-4H3,(H,27,28)(H,23,24,26)/t13-/m0/s1. The average Bonchev–Trinajstić information content (AvgIpc) is 2.64. The van der Waals surface area contributed by atoms with Crippen molar-refractivity contribution in [2.45, 2.75) is 46.3 Å². The first-order valence-corrected chi connectivity index (χ1v) is 9.80. The average molecular weight is 413 g/mol. The van der Waals surface area contributed by atoms with E-state index in [1.165, 1.54) is 6.92 Å². The number of benzene rings is 1. The van der Waals surface area contributed by atoms with Crippen LogP contribution in [-0.2, 0) is 11.4 Å². The Hall–Kier alpha value is -3.29. The van der Waals surface area contributed by atoms with Gasteiger partial charge >= 0.3 is 6.09 Å². The Labute approximate surface area is 175 Å². The Morgan fingerprint density at radius 1 is 1.30 bits per heavy atom. The SMILES string of the molecule is CC(=O)Nc1cc2c(cn1)OCc1cc(OC[C@@H](C)CC(C)(C)NC(=O)O)ccc1-2. The van der Waals surface area contributed by atoms with Gasteiger partial charge in [0.15, 0.2) is 0 Å². The number of amides is 2. The number of nitrogens with one attached hydrogen (secondary N) is 2. The molecule has 1 aromatic heterocycles. The van der Waals surface area contributed by atoms with Crippen LogP contribution in [0.5, 0.6) is 11.5 Å². The minimum atomic E-state index is -1.03. The number of carbonyl (C=O) groups excluding carboxylic acids is 1. The van der Waals surface area contributed by atoms with E-state index in [2.05, 4.69) is 15.6 Å². The molecular formula is C22H27N3O5. The second kappa shape index (κ2) is 8.61. The molecule has 30 heavy (non-hydrogen) atoms. The van der Waals surface area contributed by atoms with Crippen molar-refractivity contribution in [2.75, 3.05) is 11.9 Å². The second-order valence-electron chi connectivity index (χ2n) is 8.29. The van der Waals surface area contributed by atoms with E-state index in [0.29, 0.717) is 31.2 Å². The number of nitrogens with zero attached hydrogens (tertiary/aromatic N) is 1. The predicted octanol–water partition coefficient (Wildman–Crippen LogP) is 4.05. The highest BCUT2D eigenvalue weighted by Gasteiger charge is 2.24. The van der Waals surface area contributed by atoms with Crippen molar-refractivity contribution in [1.29, 1.82) is 0 Å². The first kappa shape index (κ1) is 21.4. The van der Waals surface area contributed by atoms with Crippen LogP contribution in [0.15, 0.2) is 30.5 Å². The third-order valence-corrected chi connectivity index (χ3v) is 4.76. The summed E-state index contributed by atoms with van der Waals surface area (Å²) in [5.74, 6) is 1.86. The smallest absolute Gasteiger partial charge is 0.405 e. The van der Waals surface area contributed by atoms with E-state index < -0.39 is 11.6 Å². The molecule has 2 amide bonds. The van der Waals surface area contributed by atoms with Crippen molar-refractivity contribution >= 4 is 17.8 Å². The van der Waals surface area contributed by atoms with Gasteiger partial charge in [0.2, 0.25) is 5.91 Å². The normalized spacial score (nSPS) is 13.3. The number of fused-ring (bicyclic) bond motifs is 3. The minimum absolute atomic E-state index is 0.158. The molecule has 0 bridgehead atoms. The Balaban J connectivity index is 1.69. The number of carboxylic acid groups (broad SMARTS) is 1. The lowest BCUT2D eigenvalue weighted by atomic mass is 9.92. The second-order valence-corrected chi connectivity index (χ2v) is 8.29. The molecule has 0 spiro atoms. The quantitative estimate of drug-likeness (QED) is 0.632. The van der Waals surface area contributed by atoms with E-state index in [1.54, 1.807) is 12.3 Å². The molecular weight excluding hydrogens is 386 g/mol. The van der Waals surface area contributed by atoms with Crippen LogP contribution in [0.4, 0.5) is 10.6 Å². The van der Waals surface area contributed by atoms with E-state index in [1.807, 2.05) is 39.0 Å². The Bertz CT molecular complexity index is 958. The molecule has 0 radical (unpaired) electrons. The van der Waals surface area contributed by atoms with Crippen molar-refractivity contribution in [3.05, 3.63) is 36.0 Å². The number of pyridine rings is 1. The van der Waals surface area contributed by atoms with Crippen LogP contribution in [0.25, 0.3) is 11.1 Å². The number of ether oxygens (including phenoxy) is 2. The zero-order valence-corrected chi connectivity index (χ0v) is 17.6. The summed E-state index contributed by atoms with van der Waals surface area (Å²) >= 11 is 0.